The highest BCUT2D eigenvalue weighted by Crippen LogP contribution is 2.37. The second-order valence-corrected chi connectivity index (χ2v) is 11.8. The average Bonchev–Trinajstić information content (AvgIpc) is 3.66. The summed E-state index contributed by atoms with van der Waals surface area (Å²) in [5, 5.41) is 0.572. The van der Waals surface area contributed by atoms with Crippen LogP contribution in [0.4, 0.5) is 5.13 Å². The lowest BCUT2D eigenvalue weighted by Crippen LogP contribution is -2.40. The smallest absolute Gasteiger partial charge is 0.306 e. The molecule has 1 aliphatic rings. The van der Waals surface area contributed by atoms with Gasteiger partial charge < -0.3 is 9.64 Å². The minimum absolute atomic E-state index is 0.0484. The zero-order chi connectivity index (χ0) is 29.8. The lowest BCUT2D eigenvalue weighted by Gasteiger charge is -2.26. The van der Waals surface area contributed by atoms with Gasteiger partial charge in [0, 0.05) is 25.6 Å². The van der Waals surface area contributed by atoms with E-state index in [-0.39, 0.29) is 41.8 Å². The van der Waals surface area contributed by atoms with E-state index >= 15 is 0 Å². The first-order valence-corrected chi connectivity index (χ1v) is 15.3. The lowest BCUT2D eigenvalue weighted by molar-refractivity contribution is -0.146. The number of ether oxygens (including phenoxy) is 1. The quantitative estimate of drug-likeness (QED) is 0.195. The Morgan fingerprint density at radius 1 is 0.907 bits per heavy atom. The predicted molar refractivity (Wildman–Crippen MR) is 168 cm³/mol. The van der Waals surface area contributed by atoms with Gasteiger partial charge in [-0.2, -0.15) is 0 Å². The number of aromatic nitrogens is 3. The van der Waals surface area contributed by atoms with Crippen LogP contribution in [-0.2, 0) is 34.4 Å². The minimum atomic E-state index is -0.550. The van der Waals surface area contributed by atoms with E-state index in [2.05, 4.69) is 0 Å². The van der Waals surface area contributed by atoms with Crippen LogP contribution < -0.4 is 10.5 Å². The molecule has 8 nitrogen and oxygen atoms in total. The number of anilines is 1. The monoisotopic (exact) mass is 592 g/mol. The largest absolute Gasteiger partial charge is 0.461 e. The first-order valence-electron chi connectivity index (χ1n) is 14.4. The molecular formula is C34H32N4O4S. The van der Waals surface area contributed by atoms with Crippen molar-refractivity contribution < 1.29 is 14.3 Å². The molecule has 0 spiro atoms. The fourth-order valence-electron chi connectivity index (χ4n) is 5.70. The highest BCUT2D eigenvalue weighted by atomic mass is 32.1. The number of rotatable bonds is 10. The number of benzene rings is 3. The van der Waals surface area contributed by atoms with Gasteiger partial charge in [0.25, 0.3) is 5.56 Å². The summed E-state index contributed by atoms with van der Waals surface area (Å²) in [5.74, 6) is 0.0506. The topological polar surface area (TPSA) is 94.4 Å². The molecular weight excluding hydrogens is 560 g/mol. The normalized spacial score (nSPS) is 16.4. The Balaban J connectivity index is 1.27. The molecule has 43 heavy (non-hydrogen) atoms. The average molecular weight is 593 g/mol. The zero-order valence-electron chi connectivity index (χ0n) is 23.9. The molecule has 0 bridgehead atoms. The molecule has 0 saturated carbocycles. The van der Waals surface area contributed by atoms with Crippen LogP contribution in [0.1, 0.15) is 30.4 Å². The van der Waals surface area contributed by atoms with Gasteiger partial charge in [-0.1, -0.05) is 102 Å². The molecule has 0 amide bonds. The number of hydrogen-bond acceptors (Lipinski definition) is 8. The number of Topliss-reactive ketones (excluding diaryl/α,β-unsaturated/α-hetero) is 1. The van der Waals surface area contributed by atoms with Gasteiger partial charge in [0.15, 0.2) is 21.3 Å². The van der Waals surface area contributed by atoms with Crippen LogP contribution in [0.3, 0.4) is 0 Å². The Bertz CT molecular complexity index is 1790. The molecule has 3 aromatic carbocycles. The van der Waals surface area contributed by atoms with Crippen molar-refractivity contribution in [3.05, 3.63) is 112 Å². The van der Waals surface area contributed by atoms with Crippen LogP contribution in [0.25, 0.3) is 21.7 Å². The van der Waals surface area contributed by atoms with Crippen LogP contribution in [0.5, 0.6) is 0 Å². The molecule has 1 aliphatic heterocycles. The van der Waals surface area contributed by atoms with Crippen LogP contribution in [-0.4, -0.2) is 38.9 Å². The van der Waals surface area contributed by atoms with Crippen LogP contribution >= 0.6 is 11.3 Å². The van der Waals surface area contributed by atoms with Gasteiger partial charge in [-0.3, -0.25) is 19.0 Å². The Morgan fingerprint density at radius 2 is 1.56 bits per heavy atom. The lowest BCUT2D eigenvalue weighted by atomic mass is 9.91. The molecule has 218 valence electrons. The summed E-state index contributed by atoms with van der Waals surface area (Å²) in [7, 11) is 1.69. The molecule has 1 saturated heterocycles. The number of thiazole rings is 1. The third kappa shape index (κ3) is 6.27. The summed E-state index contributed by atoms with van der Waals surface area (Å²) in [5.41, 5.74) is 2.88. The standard InChI is InChI=1S/C34H32N4O4S/c1-37-31(25-15-9-4-10-16-25)36-32-29(33(37)41)35-34(43-32)38-20-19-26(21-28(40)42-22-24-13-7-3-8-14-24)30(38)27(39)18-17-23-11-5-2-6-12-23/h2-16,26,30H,17-22H2,1H3/t26-,30+/m0/s1. The molecule has 2 atom stereocenters. The van der Waals surface area contributed by atoms with E-state index in [1.807, 2.05) is 95.9 Å². The van der Waals surface area contributed by atoms with Crippen molar-refractivity contribution >= 4 is 38.6 Å². The van der Waals surface area contributed by atoms with Gasteiger partial charge >= 0.3 is 5.97 Å². The third-order valence-electron chi connectivity index (χ3n) is 7.94. The van der Waals surface area contributed by atoms with E-state index < -0.39 is 6.04 Å². The van der Waals surface area contributed by atoms with Gasteiger partial charge in [-0.15, -0.1) is 0 Å². The Kier molecular flexibility index (Phi) is 8.42. The highest BCUT2D eigenvalue weighted by molar-refractivity contribution is 7.21. The second kappa shape index (κ2) is 12.7. The third-order valence-corrected chi connectivity index (χ3v) is 8.92. The Hall–Kier alpha value is -4.63. The van der Waals surface area contributed by atoms with Crippen molar-refractivity contribution in [3.8, 4) is 11.4 Å². The van der Waals surface area contributed by atoms with Gasteiger partial charge in [-0.25, -0.2) is 9.97 Å². The number of hydrogen-bond donors (Lipinski definition) is 0. The summed E-state index contributed by atoms with van der Waals surface area (Å²) >= 11 is 1.31. The van der Waals surface area contributed by atoms with Gasteiger partial charge in [-0.05, 0) is 29.9 Å². The molecule has 3 heterocycles. The van der Waals surface area contributed by atoms with E-state index in [0.717, 1.165) is 16.7 Å². The molecule has 2 aromatic heterocycles. The highest BCUT2D eigenvalue weighted by Gasteiger charge is 2.41. The number of fused-ring (bicyclic) bond motifs is 1. The van der Waals surface area contributed by atoms with Gasteiger partial charge in [0.2, 0.25) is 0 Å². The van der Waals surface area contributed by atoms with Crippen molar-refractivity contribution in [1.82, 2.24) is 14.5 Å². The zero-order valence-corrected chi connectivity index (χ0v) is 24.7. The van der Waals surface area contributed by atoms with Crippen LogP contribution in [0.15, 0.2) is 95.8 Å². The summed E-state index contributed by atoms with van der Waals surface area (Å²) in [6, 6.07) is 28.5. The molecule has 9 heteroatoms. The number of esters is 1. The SMILES string of the molecule is Cn1c(-c2ccccc2)nc2sc(N3CC[C@@H](CC(=O)OCc4ccccc4)[C@@H]3C(=O)CCc3ccccc3)nc2c1=O. The fourth-order valence-corrected chi connectivity index (χ4v) is 6.70. The number of ketones is 1. The number of nitrogens with zero attached hydrogens (tertiary/aromatic N) is 4. The Labute approximate surface area is 253 Å². The molecule has 0 unspecified atom stereocenters. The number of aryl methyl sites for hydroxylation is 1. The van der Waals surface area contributed by atoms with E-state index in [1.165, 1.54) is 15.9 Å². The number of carbonyl (C=O) groups is 2. The maximum Gasteiger partial charge on any atom is 0.306 e. The molecule has 0 radical (unpaired) electrons. The van der Waals surface area contributed by atoms with E-state index in [1.54, 1.807) is 7.05 Å². The van der Waals surface area contributed by atoms with E-state index in [4.69, 9.17) is 14.7 Å². The Morgan fingerprint density at radius 3 is 2.26 bits per heavy atom. The fraction of sp³-hybridized carbons (Fsp3) is 0.265. The van der Waals surface area contributed by atoms with Crippen molar-refractivity contribution in [3.63, 3.8) is 0 Å². The minimum Gasteiger partial charge on any atom is -0.461 e. The van der Waals surface area contributed by atoms with Gasteiger partial charge in [0.05, 0.1) is 12.5 Å². The summed E-state index contributed by atoms with van der Waals surface area (Å²) in [6.45, 7) is 0.739. The van der Waals surface area contributed by atoms with Crippen molar-refractivity contribution in [2.45, 2.75) is 38.3 Å². The number of carbonyl (C=O) groups excluding carboxylic acids is 2. The van der Waals surface area contributed by atoms with Gasteiger partial charge in [0.1, 0.15) is 12.4 Å². The molecule has 5 aromatic rings. The first-order chi connectivity index (χ1) is 21.0. The van der Waals surface area contributed by atoms with E-state index in [0.29, 0.717) is 41.6 Å². The predicted octanol–water partition coefficient (Wildman–Crippen LogP) is 5.59. The first kappa shape index (κ1) is 28.5. The van der Waals surface area contributed by atoms with Crippen LogP contribution in [0, 0.1) is 5.92 Å². The summed E-state index contributed by atoms with van der Waals surface area (Å²) in [4.78, 5) is 52.1. The second-order valence-electron chi connectivity index (χ2n) is 10.8. The molecule has 1 fully saturated rings. The van der Waals surface area contributed by atoms with Crippen LogP contribution in [0.2, 0.25) is 0 Å². The summed E-state index contributed by atoms with van der Waals surface area (Å²) in [6.07, 6.45) is 1.72. The maximum atomic E-state index is 13.9. The van der Waals surface area contributed by atoms with E-state index in [9.17, 15) is 14.4 Å². The maximum absolute atomic E-state index is 13.9. The molecule has 0 aliphatic carbocycles. The van der Waals surface area contributed by atoms with Crippen molar-refractivity contribution in [1.29, 1.82) is 0 Å². The van der Waals surface area contributed by atoms with Crippen molar-refractivity contribution in [2.24, 2.45) is 13.0 Å². The molecule has 6 rings (SSSR count). The molecule has 0 N–H and O–H groups in total. The van der Waals surface area contributed by atoms with Crippen molar-refractivity contribution in [2.75, 3.05) is 11.4 Å². The summed E-state index contributed by atoms with van der Waals surface area (Å²) < 4.78 is 7.10.